The van der Waals surface area contributed by atoms with Gasteiger partial charge in [0.2, 0.25) is 11.8 Å². The van der Waals surface area contributed by atoms with E-state index in [2.05, 4.69) is 20.9 Å². The third kappa shape index (κ3) is 11.2. The van der Waals surface area contributed by atoms with Crippen molar-refractivity contribution in [2.45, 2.75) is 71.5 Å². The molecule has 0 saturated heterocycles. The molecule has 12 heteroatoms. The summed E-state index contributed by atoms with van der Waals surface area (Å²) in [5.74, 6) is -1.15. The number of hydrogen-bond donors (Lipinski definition) is 3. The number of carbonyl (C=O) groups is 4. The van der Waals surface area contributed by atoms with E-state index in [9.17, 15) is 19.2 Å². The van der Waals surface area contributed by atoms with E-state index >= 15 is 0 Å². The Balaban J connectivity index is 1.64. The highest BCUT2D eigenvalue weighted by molar-refractivity contribution is 5.98. The Morgan fingerprint density at radius 1 is 0.932 bits per heavy atom. The fraction of sp³-hybridized carbons (Fsp3) is 0.406. The molecule has 2 aromatic carbocycles. The van der Waals surface area contributed by atoms with E-state index in [0.717, 1.165) is 11.1 Å². The second-order valence-electron chi connectivity index (χ2n) is 11.9. The minimum atomic E-state index is -1.41. The van der Waals surface area contributed by atoms with E-state index in [1.54, 1.807) is 37.3 Å². The molecule has 0 radical (unpaired) electrons. The first kappa shape index (κ1) is 33.8. The van der Waals surface area contributed by atoms with Gasteiger partial charge in [0, 0.05) is 19.8 Å². The van der Waals surface area contributed by atoms with E-state index in [4.69, 9.17) is 9.47 Å². The lowest BCUT2D eigenvalue weighted by Crippen LogP contribution is -2.59. The monoisotopic (exact) mass is 606 g/mol. The van der Waals surface area contributed by atoms with Gasteiger partial charge >= 0.3 is 6.09 Å². The van der Waals surface area contributed by atoms with E-state index < -0.39 is 35.1 Å². The van der Waals surface area contributed by atoms with Crippen molar-refractivity contribution in [1.29, 1.82) is 0 Å². The largest absolute Gasteiger partial charge is 0.444 e. The minimum Gasteiger partial charge on any atom is -0.444 e. The zero-order chi connectivity index (χ0) is 32.3. The molecular weight excluding hydrogens is 564 g/mol. The first-order chi connectivity index (χ1) is 20.7. The van der Waals surface area contributed by atoms with Crippen LogP contribution in [0.3, 0.4) is 0 Å². The Morgan fingerprint density at radius 3 is 2.16 bits per heavy atom. The molecule has 3 rings (SSSR count). The van der Waals surface area contributed by atoms with Gasteiger partial charge in [0.15, 0.2) is 5.82 Å². The number of ether oxygens (including phenoxy) is 2. The van der Waals surface area contributed by atoms with E-state index in [-0.39, 0.29) is 31.5 Å². The van der Waals surface area contributed by atoms with E-state index in [0.29, 0.717) is 6.54 Å². The molecule has 0 spiro atoms. The lowest BCUT2D eigenvalue weighted by molar-refractivity contribution is -0.131. The predicted molar refractivity (Wildman–Crippen MR) is 165 cm³/mol. The maximum Gasteiger partial charge on any atom is 0.408 e. The fourth-order valence-corrected chi connectivity index (χ4v) is 3.95. The number of hydrogen-bond acceptors (Lipinski definition) is 7. The van der Waals surface area contributed by atoms with Crippen LogP contribution in [-0.4, -0.2) is 69.1 Å². The molecule has 1 atom stereocenters. The van der Waals surface area contributed by atoms with Crippen molar-refractivity contribution < 1.29 is 28.7 Å². The van der Waals surface area contributed by atoms with Gasteiger partial charge in [-0.1, -0.05) is 60.7 Å². The Morgan fingerprint density at radius 2 is 1.55 bits per heavy atom. The van der Waals surface area contributed by atoms with Crippen LogP contribution in [0.4, 0.5) is 10.6 Å². The highest BCUT2D eigenvalue weighted by Gasteiger charge is 2.34. The molecular formula is C32H42N6O6. The molecule has 1 heterocycles. The molecule has 3 aromatic rings. The van der Waals surface area contributed by atoms with Crippen molar-refractivity contribution in [1.82, 2.24) is 25.1 Å². The Bertz CT molecular complexity index is 1400. The molecule has 0 aliphatic carbocycles. The van der Waals surface area contributed by atoms with Gasteiger partial charge in [0.1, 0.15) is 23.7 Å². The second kappa shape index (κ2) is 15.1. The normalized spacial score (nSPS) is 12.1. The first-order valence-electron chi connectivity index (χ1n) is 14.3. The summed E-state index contributed by atoms with van der Waals surface area (Å²) in [6.07, 6.45) is 2.20. The zero-order valence-corrected chi connectivity index (χ0v) is 26.1. The summed E-state index contributed by atoms with van der Waals surface area (Å²) >= 11 is 0. The van der Waals surface area contributed by atoms with E-state index in [1.165, 1.54) is 26.4 Å². The minimum absolute atomic E-state index is 0.0249. The Labute approximate surface area is 258 Å². The summed E-state index contributed by atoms with van der Waals surface area (Å²) in [5, 5.41) is 7.88. The van der Waals surface area contributed by atoms with Crippen LogP contribution in [0.5, 0.6) is 0 Å². The second-order valence-corrected chi connectivity index (χ2v) is 11.9. The predicted octanol–water partition coefficient (Wildman–Crippen LogP) is 3.49. The number of nitrogens with zero attached hydrogens (tertiary/aromatic N) is 3. The third-order valence-electron chi connectivity index (χ3n) is 6.29. The average Bonchev–Trinajstić information content (AvgIpc) is 3.38. The van der Waals surface area contributed by atoms with Crippen molar-refractivity contribution in [3.8, 4) is 0 Å². The summed E-state index contributed by atoms with van der Waals surface area (Å²) in [6, 6.07) is 17.9. The molecule has 12 nitrogen and oxygen atoms in total. The topological polar surface area (TPSA) is 144 Å². The molecule has 0 aliphatic heterocycles. The van der Waals surface area contributed by atoms with Crippen LogP contribution in [0.2, 0.25) is 0 Å². The maximum absolute atomic E-state index is 13.3. The SMILES string of the molecule is CN(Cc1ccccc1)C(=O)Cn1cnc(NC(=O)C(COCc2ccccc2)NC(=O)C(C)(C)NC(=O)OC(C)(C)C)c1. The van der Waals surface area contributed by atoms with Gasteiger partial charge in [-0.2, -0.15) is 0 Å². The van der Waals surface area contributed by atoms with Gasteiger partial charge in [-0.25, -0.2) is 9.78 Å². The van der Waals surface area contributed by atoms with Gasteiger partial charge in [-0.05, 0) is 45.7 Å². The quantitative estimate of drug-likeness (QED) is 0.270. The molecule has 1 aromatic heterocycles. The molecule has 0 aliphatic rings. The Kier molecular flexibility index (Phi) is 11.6. The summed E-state index contributed by atoms with van der Waals surface area (Å²) < 4.78 is 12.6. The number of rotatable bonds is 13. The van der Waals surface area contributed by atoms with Crippen molar-refractivity contribution >= 4 is 29.6 Å². The molecule has 1 unspecified atom stereocenters. The van der Waals surface area contributed by atoms with Crippen LogP contribution >= 0.6 is 0 Å². The summed E-state index contributed by atoms with van der Waals surface area (Å²) in [7, 11) is 1.72. The zero-order valence-electron chi connectivity index (χ0n) is 26.1. The molecule has 0 bridgehead atoms. The fourth-order valence-electron chi connectivity index (χ4n) is 3.95. The van der Waals surface area contributed by atoms with Gasteiger partial charge in [0.25, 0.3) is 5.91 Å². The smallest absolute Gasteiger partial charge is 0.408 e. The standard InChI is InChI=1S/C32H42N6O6/c1-31(2,3)44-30(42)36-32(4,5)29(41)34-25(21-43-20-24-15-11-8-12-16-24)28(40)35-26-18-38(22-33-26)19-27(39)37(6)17-23-13-9-7-10-14-23/h7-16,18,22,25H,17,19-21H2,1-6H3,(H,34,41)(H,35,40)(H,36,42). The molecule has 44 heavy (non-hydrogen) atoms. The highest BCUT2D eigenvalue weighted by Crippen LogP contribution is 2.12. The average molecular weight is 607 g/mol. The number of anilines is 1. The van der Waals surface area contributed by atoms with Crippen LogP contribution < -0.4 is 16.0 Å². The lowest BCUT2D eigenvalue weighted by Gasteiger charge is -2.29. The van der Waals surface area contributed by atoms with Gasteiger partial charge in [0.05, 0.1) is 19.5 Å². The molecule has 3 N–H and O–H groups in total. The molecule has 0 saturated carbocycles. The number of benzene rings is 2. The number of likely N-dealkylation sites (N-methyl/N-ethyl adjacent to an activating group) is 1. The Hall–Kier alpha value is -4.71. The number of nitrogens with one attached hydrogen (secondary N) is 3. The number of imidazole rings is 1. The first-order valence-corrected chi connectivity index (χ1v) is 14.3. The highest BCUT2D eigenvalue weighted by atomic mass is 16.6. The summed E-state index contributed by atoms with van der Waals surface area (Å²) in [5.41, 5.74) is -0.261. The van der Waals surface area contributed by atoms with E-state index in [1.807, 2.05) is 60.7 Å². The molecule has 236 valence electrons. The number of carbonyl (C=O) groups excluding carboxylic acids is 4. The molecule has 0 fully saturated rings. The number of amides is 4. The summed E-state index contributed by atoms with van der Waals surface area (Å²) in [6.45, 7) is 8.68. The van der Waals surface area contributed by atoms with Crippen molar-refractivity contribution in [3.63, 3.8) is 0 Å². The summed E-state index contributed by atoms with van der Waals surface area (Å²) in [4.78, 5) is 57.4. The van der Waals surface area contributed by atoms with Crippen molar-refractivity contribution in [2.75, 3.05) is 19.0 Å². The van der Waals surface area contributed by atoms with Crippen LogP contribution in [0.15, 0.2) is 73.2 Å². The van der Waals surface area contributed by atoms with Crippen LogP contribution in [-0.2, 0) is 43.6 Å². The van der Waals surface area contributed by atoms with Gasteiger partial charge < -0.3 is 34.9 Å². The van der Waals surface area contributed by atoms with Crippen LogP contribution in [0.25, 0.3) is 0 Å². The van der Waals surface area contributed by atoms with Crippen LogP contribution in [0.1, 0.15) is 45.7 Å². The van der Waals surface area contributed by atoms with Gasteiger partial charge in [-0.15, -0.1) is 0 Å². The third-order valence-corrected chi connectivity index (χ3v) is 6.29. The van der Waals surface area contributed by atoms with Gasteiger partial charge in [-0.3, -0.25) is 14.4 Å². The molecule has 4 amide bonds. The van der Waals surface area contributed by atoms with Crippen LogP contribution in [0, 0.1) is 0 Å². The van der Waals surface area contributed by atoms with Crippen molar-refractivity contribution in [3.05, 3.63) is 84.3 Å². The number of aromatic nitrogens is 2. The van der Waals surface area contributed by atoms with Crippen molar-refractivity contribution in [2.24, 2.45) is 0 Å². The lowest BCUT2D eigenvalue weighted by atomic mass is 10.0. The maximum atomic E-state index is 13.3. The number of alkyl carbamates (subject to hydrolysis) is 1.